The Hall–Kier alpha value is -2.36. The maximum atomic E-state index is 10.1. The van der Waals surface area contributed by atoms with Crippen molar-refractivity contribution in [3.63, 3.8) is 0 Å². The lowest BCUT2D eigenvalue weighted by atomic mass is 10.2. The fourth-order valence-electron chi connectivity index (χ4n) is 3.37. The van der Waals surface area contributed by atoms with Gasteiger partial charge in [-0.25, -0.2) is 4.99 Å². The van der Waals surface area contributed by atoms with Gasteiger partial charge in [0.25, 0.3) is 0 Å². The molecule has 0 aromatic heterocycles. The molecule has 1 aliphatic rings. The molecule has 2 N–H and O–H groups in total. The Kier molecular flexibility index (Phi) is 9.35. The minimum absolute atomic E-state index is 0. The summed E-state index contributed by atoms with van der Waals surface area (Å²) in [5, 5.41) is 13.5. The predicted molar refractivity (Wildman–Crippen MR) is 132 cm³/mol. The van der Waals surface area contributed by atoms with Crippen LogP contribution in [-0.2, 0) is 6.54 Å². The normalized spacial score (nSPS) is 14.2. The molecule has 1 aliphatic heterocycles. The Morgan fingerprint density at radius 1 is 1.00 bits per heavy atom. The van der Waals surface area contributed by atoms with Crippen LogP contribution in [0.5, 0.6) is 17.2 Å². The molecule has 0 unspecified atom stereocenters. The number of piperazine rings is 1. The summed E-state index contributed by atoms with van der Waals surface area (Å²) in [7, 11) is 3.30. The Bertz CT molecular complexity index is 822. The number of hydrogen-bond acceptors (Lipinski definition) is 5. The van der Waals surface area contributed by atoms with Crippen molar-refractivity contribution in [2.24, 2.45) is 4.99 Å². The lowest BCUT2D eigenvalue weighted by Gasteiger charge is -2.37. The van der Waals surface area contributed by atoms with E-state index < -0.39 is 0 Å². The van der Waals surface area contributed by atoms with Gasteiger partial charge in [-0.15, -0.1) is 24.0 Å². The van der Waals surface area contributed by atoms with Crippen molar-refractivity contribution in [1.82, 2.24) is 10.2 Å². The smallest absolute Gasteiger partial charge is 0.194 e. The Balaban J connectivity index is 0.00000320. The molecule has 1 heterocycles. The number of aliphatic imine (C=N–C) groups is 1. The van der Waals surface area contributed by atoms with E-state index >= 15 is 0 Å². The summed E-state index contributed by atoms with van der Waals surface area (Å²) < 4.78 is 10.5. The number of benzene rings is 2. The van der Waals surface area contributed by atoms with Crippen molar-refractivity contribution in [2.45, 2.75) is 13.5 Å². The first kappa shape index (κ1) is 23.9. The largest absolute Gasteiger partial charge is 0.508 e. The lowest BCUT2D eigenvalue weighted by molar-refractivity contribution is 0.372. The number of hydrogen-bond donors (Lipinski definition) is 2. The number of guanidine groups is 1. The Morgan fingerprint density at radius 3 is 2.23 bits per heavy atom. The van der Waals surface area contributed by atoms with Gasteiger partial charge in [0.05, 0.1) is 20.8 Å². The van der Waals surface area contributed by atoms with Crippen molar-refractivity contribution in [3.8, 4) is 17.2 Å². The van der Waals surface area contributed by atoms with Crippen LogP contribution in [-0.4, -0.2) is 62.9 Å². The van der Waals surface area contributed by atoms with Crippen LogP contribution in [0, 0.1) is 0 Å². The SMILES string of the molecule is CCNC(=NCc1cc(OC)ccc1O)N1CCN(c2ccc(OC)cc2)CC1.I. The van der Waals surface area contributed by atoms with Crippen LogP contribution < -0.4 is 19.7 Å². The maximum Gasteiger partial charge on any atom is 0.194 e. The molecule has 3 rings (SSSR count). The van der Waals surface area contributed by atoms with Crippen molar-refractivity contribution >= 4 is 35.6 Å². The van der Waals surface area contributed by atoms with Crippen LogP contribution in [0.2, 0.25) is 0 Å². The zero-order valence-corrected chi connectivity index (χ0v) is 20.1. The van der Waals surface area contributed by atoms with Gasteiger partial charge in [0, 0.05) is 44.0 Å². The second-order valence-corrected chi connectivity index (χ2v) is 6.84. The van der Waals surface area contributed by atoms with Crippen LogP contribution in [0.1, 0.15) is 12.5 Å². The van der Waals surface area contributed by atoms with Crippen LogP contribution in [0.15, 0.2) is 47.5 Å². The van der Waals surface area contributed by atoms with Crippen molar-refractivity contribution < 1.29 is 14.6 Å². The average molecular weight is 526 g/mol. The molecule has 164 valence electrons. The number of methoxy groups -OCH3 is 2. The average Bonchev–Trinajstić information content (AvgIpc) is 2.78. The van der Waals surface area contributed by atoms with E-state index in [2.05, 4.69) is 34.2 Å². The highest BCUT2D eigenvalue weighted by Crippen LogP contribution is 2.24. The summed E-state index contributed by atoms with van der Waals surface area (Å²) in [5.74, 6) is 2.68. The van der Waals surface area contributed by atoms with Gasteiger partial charge < -0.3 is 29.7 Å². The van der Waals surface area contributed by atoms with E-state index in [1.54, 1.807) is 26.4 Å². The molecule has 1 saturated heterocycles. The fraction of sp³-hybridized carbons (Fsp3) is 0.409. The number of nitrogens with one attached hydrogen (secondary N) is 1. The molecule has 30 heavy (non-hydrogen) atoms. The van der Waals surface area contributed by atoms with Gasteiger partial charge in [0.2, 0.25) is 0 Å². The number of halogens is 1. The second kappa shape index (κ2) is 11.7. The van der Waals surface area contributed by atoms with Gasteiger partial charge in [-0.1, -0.05) is 0 Å². The zero-order valence-electron chi connectivity index (χ0n) is 17.8. The molecule has 8 heteroatoms. The number of nitrogens with zero attached hydrogens (tertiary/aromatic N) is 3. The third-order valence-corrected chi connectivity index (χ3v) is 5.04. The number of ether oxygens (including phenoxy) is 2. The van der Waals surface area contributed by atoms with E-state index in [-0.39, 0.29) is 29.7 Å². The van der Waals surface area contributed by atoms with E-state index in [1.165, 1.54) is 5.69 Å². The molecular formula is C22H31IN4O3. The summed E-state index contributed by atoms with van der Waals surface area (Å²) in [6, 6.07) is 13.4. The first-order valence-electron chi connectivity index (χ1n) is 9.92. The van der Waals surface area contributed by atoms with Crippen molar-refractivity contribution in [1.29, 1.82) is 0 Å². The Morgan fingerprint density at radius 2 is 1.63 bits per heavy atom. The standard InChI is InChI=1S/C22H30N4O3.HI/c1-4-23-22(24-16-17-15-20(29-3)9-10-21(17)27)26-13-11-25(12-14-26)18-5-7-19(28-2)8-6-18;/h5-10,15,27H,4,11-14,16H2,1-3H3,(H,23,24);1H. The van der Waals surface area contributed by atoms with Crippen molar-refractivity contribution in [2.75, 3.05) is 51.8 Å². The van der Waals surface area contributed by atoms with E-state index in [1.807, 2.05) is 18.2 Å². The van der Waals surface area contributed by atoms with Gasteiger partial charge in [-0.2, -0.15) is 0 Å². The highest BCUT2D eigenvalue weighted by molar-refractivity contribution is 14.0. The van der Waals surface area contributed by atoms with E-state index in [0.717, 1.165) is 50.0 Å². The quantitative estimate of drug-likeness (QED) is 0.342. The van der Waals surface area contributed by atoms with E-state index in [0.29, 0.717) is 12.3 Å². The molecule has 7 nitrogen and oxygen atoms in total. The molecule has 1 fully saturated rings. The third-order valence-electron chi connectivity index (χ3n) is 5.04. The number of phenols is 1. The molecule has 0 atom stereocenters. The summed E-state index contributed by atoms with van der Waals surface area (Å²) in [4.78, 5) is 9.38. The summed E-state index contributed by atoms with van der Waals surface area (Å²) in [6.45, 7) is 6.84. The molecule has 2 aromatic rings. The fourth-order valence-corrected chi connectivity index (χ4v) is 3.37. The Labute approximate surface area is 195 Å². The predicted octanol–water partition coefficient (Wildman–Crippen LogP) is 3.32. The van der Waals surface area contributed by atoms with Crippen LogP contribution in [0.25, 0.3) is 0 Å². The molecular weight excluding hydrogens is 495 g/mol. The lowest BCUT2D eigenvalue weighted by Crippen LogP contribution is -2.52. The van der Waals surface area contributed by atoms with Gasteiger partial charge in [0.1, 0.15) is 17.2 Å². The van der Waals surface area contributed by atoms with Gasteiger partial charge in [-0.05, 0) is 49.4 Å². The molecule has 0 radical (unpaired) electrons. The highest BCUT2D eigenvalue weighted by Gasteiger charge is 2.20. The first-order valence-corrected chi connectivity index (χ1v) is 9.92. The maximum absolute atomic E-state index is 10.1. The third kappa shape index (κ3) is 6.07. The van der Waals surface area contributed by atoms with Gasteiger partial charge in [-0.3, -0.25) is 0 Å². The van der Waals surface area contributed by atoms with E-state index in [9.17, 15) is 5.11 Å². The van der Waals surface area contributed by atoms with Crippen LogP contribution in [0.4, 0.5) is 5.69 Å². The molecule has 0 amide bonds. The van der Waals surface area contributed by atoms with Crippen molar-refractivity contribution in [3.05, 3.63) is 48.0 Å². The number of aromatic hydroxyl groups is 1. The van der Waals surface area contributed by atoms with Gasteiger partial charge >= 0.3 is 0 Å². The molecule has 0 aliphatic carbocycles. The topological polar surface area (TPSA) is 69.6 Å². The summed E-state index contributed by atoms with van der Waals surface area (Å²) >= 11 is 0. The molecule has 0 bridgehead atoms. The first-order chi connectivity index (χ1) is 14.1. The molecule has 0 saturated carbocycles. The summed E-state index contributed by atoms with van der Waals surface area (Å²) in [6.07, 6.45) is 0. The van der Waals surface area contributed by atoms with Gasteiger partial charge in [0.15, 0.2) is 5.96 Å². The second-order valence-electron chi connectivity index (χ2n) is 6.84. The van der Waals surface area contributed by atoms with Crippen LogP contribution in [0.3, 0.4) is 0 Å². The number of anilines is 1. The zero-order chi connectivity index (χ0) is 20.6. The highest BCUT2D eigenvalue weighted by atomic mass is 127. The minimum Gasteiger partial charge on any atom is -0.508 e. The number of rotatable bonds is 6. The molecule has 2 aromatic carbocycles. The van der Waals surface area contributed by atoms with E-state index in [4.69, 9.17) is 14.5 Å². The summed E-state index contributed by atoms with van der Waals surface area (Å²) in [5.41, 5.74) is 1.95. The van der Waals surface area contributed by atoms with Crippen LogP contribution >= 0.6 is 24.0 Å². The minimum atomic E-state index is 0. The molecule has 0 spiro atoms. The monoisotopic (exact) mass is 526 g/mol. The number of phenolic OH excluding ortho intramolecular Hbond substituents is 1.